The van der Waals surface area contributed by atoms with Crippen molar-refractivity contribution in [1.82, 2.24) is 0 Å². The minimum absolute atomic E-state index is 0.106. The van der Waals surface area contributed by atoms with Gasteiger partial charge in [0.2, 0.25) is 9.05 Å². The lowest BCUT2D eigenvalue weighted by Gasteiger charge is -2.08. The summed E-state index contributed by atoms with van der Waals surface area (Å²) in [5.74, 6) is -0.666. The van der Waals surface area contributed by atoms with Crippen molar-refractivity contribution in [2.24, 2.45) is 0 Å². The molecule has 0 atom stereocenters. The second kappa shape index (κ2) is 4.47. The van der Waals surface area contributed by atoms with E-state index in [1.807, 2.05) is 0 Å². The molecule has 0 saturated carbocycles. The maximum atomic E-state index is 10.8. The smallest absolute Gasteiger partial charge is 0.236 e. The fourth-order valence-electron chi connectivity index (χ4n) is 1.08. The summed E-state index contributed by atoms with van der Waals surface area (Å²) in [6.07, 6.45) is 0. The number of halogens is 2. The van der Waals surface area contributed by atoms with Gasteiger partial charge >= 0.3 is 0 Å². The highest BCUT2D eigenvalue weighted by Crippen LogP contribution is 2.34. The minimum atomic E-state index is -3.74. The lowest BCUT2D eigenvalue weighted by Crippen LogP contribution is -1.97. The minimum Gasteiger partial charge on any atom is -0.504 e. The van der Waals surface area contributed by atoms with Crippen molar-refractivity contribution in [3.8, 4) is 11.5 Å². The van der Waals surface area contributed by atoms with Gasteiger partial charge in [-0.15, -0.1) is 0 Å². The molecule has 0 heterocycles. The van der Waals surface area contributed by atoms with E-state index in [0.29, 0.717) is 0 Å². The van der Waals surface area contributed by atoms with Gasteiger partial charge in [-0.05, 0) is 6.07 Å². The molecule has 0 radical (unpaired) electrons. The van der Waals surface area contributed by atoms with E-state index in [1.54, 1.807) is 0 Å². The summed E-state index contributed by atoms with van der Waals surface area (Å²) in [7, 11) is 2.66. The Labute approximate surface area is 96.8 Å². The molecule has 0 aliphatic carbocycles. The molecule has 0 unspecified atom stereocenters. The topological polar surface area (TPSA) is 63.6 Å². The highest BCUT2D eigenvalue weighted by atomic mass is 35.7. The predicted molar refractivity (Wildman–Crippen MR) is 58.1 cm³/mol. The molecular formula is C8H8Cl2O4S. The highest BCUT2D eigenvalue weighted by Gasteiger charge is 2.15. The van der Waals surface area contributed by atoms with E-state index in [2.05, 4.69) is 0 Å². The van der Waals surface area contributed by atoms with Crippen molar-refractivity contribution in [1.29, 1.82) is 0 Å². The number of methoxy groups -OCH3 is 1. The first kappa shape index (κ1) is 12.4. The van der Waals surface area contributed by atoms with Gasteiger partial charge in [-0.25, -0.2) is 8.42 Å². The van der Waals surface area contributed by atoms with Gasteiger partial charge in [-0.3, -0.25) is 0 Å². The van der Waals surface area contributed by atoms with Gasteiger partial charge in [0.05, 0.1) is 12.9 Å². The van der Waals surface area contributed by atoms with Crippen LogP contribution in [0.15, 0.2) is 12.1 Å². The molecule has 0 bridgehead atoms. The summed E-state index contributed by atoms with van der Waals surface area (Å²) < 4.78 is 26.5. The van der Waals surface area contributed by atoms with E-state index in [4.69, 9.17) is 27.0 Å². The quantitative estimate of drug-likeness (QED) is 0.855. The Kier molecular flexibility index (Phi) is 3.70. The molecule has 1 N–H and O–H groups in total. The van der Waals surface area contributed by atoms with Gasteiger partial charge in [0, 0.05) is 27.3 Å². The predicted octanol–water partition coefficient (Wildman–Crippen LogP) is 2.12. The number of hydrogen-bond donors (Lipinski definition) is 1. The summed E-state index contributed by atoms with van der Waals surface area (Å²) in [5, 5.41) is 9.83. The summed E-state index contributed by atoms with van der Waals surface area (Å²) in [6, 6.07) is 2.70. The SMILES string of the molecule is COc1cc(Cl)cc(CS(=O)(=O)Cl)c1O. The molecule has 0 spiro atoms. The number of phenols is 1. The fraction of sp³-hybridized carbons (Fsp3) is 0.250. The summed E-state index contributed by atoms with van der Waals surface area (Å²) >= 11 is 5.70. The third-order valence-corrected chi connectivity index (χ3v) is 2.87. The number of aromatic hydroxyl groups is 1. The zero-order valence-electron chi connectivity index (χ0n) is 7.70. The molecule has 0 amide bonds. The first-order valence-corrected chi connectivity index (χ1v) is 6.67. The van der Waals surface area contributed by atoms with Gasteiger partial charge in [0.1, 0.15) is 0 Å². The van der Waals surface area contributed by atoms with Crippen molar-refractivity contribution >= 4 is 31.3 Å². The van der Waals surface area contributed by atoms with Crippen molar-refractivity contribution in [3.63, 3.8) is 0 Å². The lowest BCUT2D eigenvalue weighted by atomic mass is 10.2. The molecule has 1 aromatic carbocycles. The number of rotatable bonds is 3. The van der Waals surface area contributed by atoms with E-state index in [0.717, 1.165) is 0 Å². The lowest BCUT2D eigenvalue weighted by molar-refractivity contribution is 0.371. The van der Waals surface area contributed by atoms with Crippen LogP contribution in [0.4, 0.5) is 0 Å². The number of hydrogen-bond acceptors (Lipinski definition) is 4. The number of benzene rings is 1. The van der Waals surface area contributed by atoms with Crippen molar-refractivity contribution < 1.29 is 18.3 Å². The monoisotopic (exact) mass is 270 g/mol. The maximum Gasteiger partial charge on any atom is 0.236 e. The Morgan fingerprint density at radius 3 is 2.53 bits per heavy atom. The van der Waals surface area contributed by atoms with Gasteiger partial charge in [-0.2, -0.15) is 0 Å². The third-order valence-electron chi connectivity index (χ3n) is 1.67. The average molecular weight is 271 g/mol. The fourth-order valence-corrected chi connectivity index (χ4v) is 2.25. The van der Waals surface area contributed by atoms with Crippen LogP contribution >= 0.6 is 22.3 Å². The van der Waals surface area contributed by atoms with Crippen molar-refractivity contribution in [2.75, 3.05) is 7.11 Å². The van der Waals surface area contributed by atoms with E-state index in [-0.39, 0.29) is 22.1 Å². The molecule has 15 heavy (non-hydrogen) atoms. The van der Waals surface area contributed by atoms with Crippen LogP contribution < -0.4 is 4.74 Å². The Balaban J connectivity index is 3.24. The largest absolute Gasteiger partial charge is 0.504 e. The average Bonchev–Trinajstić information content (AvgIpc) is 2.08. The molecule has 4 nitrogen and oxygen atoms in total. The molecule has 0 aromatic heterocycles. The standard InChI is InChI=1S/C8H8Cl2O4S/c1-14-7-3-6(9)2-5(8(7)11)4-15(10,12)13/h2-3,11H,4H2,1H3. The summed E-state index contributed by atoms with van der Waals surface area (Å²) in [5.41, 5.74) is 0.106. The molecule has 0 fully saturated rings. The van der Waals surface area contributed by atoms with Gasteiger partial charge < -0.3 is 9.84 Å². The Bertz CT molecular complexity index is 470. The van der Waals surface area contributed by atoms with Crippen LogP contribution in [0.5, 0.6) is 11.5 Å². The van der Waals surface area contributed by atoms with Crippen LogP contribution in [-0.2, 0) is 14.8 Å². The van der Waals surface area contributed by atoms with Gasteiger partial charge in [-0.1, -0.05) is 11.6 Å². The van der Waals surface area contributed by atoms with E-state index < -0.39 is 14.8 Å². The van der Waals surface area contributed by atoms with Crippen LogP contribution in [0, 0.1) is 0 Å². The van der Waals surface area contributed by atoms with Crippen molar-refractivity contribution in [3.05, 3.63) is 22.7 Å². The van der Waals surface area contributed by atoms with Gasteiger partial charge in [0.25, 0.3) is 0 Å². The molecule has 0 aliphatic rings. The molecule has 0 aliphatic heterocycles. The maximum absolute atomic E-state index is 10.8. The van der Waals surface area contributed by atoms with Gasteiger partial charge in [0.15, 0.2) is 11.5 Å². The summed E-state index contributed by atoms with van der Waals surface area (Å²) in [4.78, 5) is 0. The molecular weight excluding hydrogens is 263 g/mol. The van der Waals surface area contributed by atoms with Crippen LogP contribution in [0.1, 0.15) is 5.56 Å². The molecule has 1 aromatic rings. The van der Waals surface area contributed by atoms with Crippen molar-refractivity contribution in [2.45, 2.75) is 5.75 Å². The Morgan fingerprint density at radius 1 is 1.47 bits per heavy atom. The Morgan fingerprint density at radius 2 is 2.07 bits per heavy atom. The van der Waals surface area contributed by atoms with Crippen LogP contribution in [0.3, 0.4) is 0 Å². The zero-order valence-corrected chi connectivity index (χ0v) is 10.0. The van der Waals surface area contributed by atoms with Crippen LogP contribution in [0.2, 0.25) is 5.02 Å². The summed E-state index contributed by atoms with van der Waals surface area (Å²) in [6.45, 7) is 0. The second-order valence-corrected chi connectivity index (χ2v) is 6.01. The number of phenolic OH excluding ortho intramolecular Hbond substituents is 1. The first-order valence-electron chi connectivity index (χ1n) is 3.81. The third kappa shape index (κ3) is 3.44. The van der Waals surface area contributed by atoms with E-state index >= 15 is 0 Å². The second-order valence-electron chi connectivity index (χ2n) is 2.80. The first-order chi connectivity index (χ1) is 6.83. The van der Waals surface area contributed by atoms with Crippen LogP contribution in [0.25, 0.3) is 0 Å². The normalized spacial score (nSPS) is 11.4. The van der Waals surface area contributed by atoms with Crippen LogP contribution in [-0.4, -0.2) is 20.6 Å². The molecule has 0 saturated heterocycles. The molecule has 84 valence electrons. The highest BCUT2D eigenvalue weighted by molar-refractivity contribution is 8.13. The number of ether oxygens (including phenoxy) is 1. The molecule has 7 heteroatoms. The Hall–Kier alpha value is -0.650. The molecule has 1 rings (SSSR count). The zero-order chi connectivity index (χ0) is 11.6. The van der Waals surface area contributed by atoms with E-state index in [9.17, 15) is 13.5 Å². The van der Waals surface area contributed by atoms with E-state index in [1.165, 1.54) is 19.2 Å².